The number of anilines is 2. The second-order valence-corrected chi connectivity index (χ2v) is 6.89. The Balaban J connectivity index is 1.55. The number of aryl methyl sites for hydroxylation is 1. The number of carbonyl (C=O) groups excluding carboxylic acids is 2. The third-order valence-electron chi connectivity index (χ3n) is 5.05. The summed E-state index contributed by atoms with van der Waals surface area (Å²) < 4.78 is 7.17. The first-order chi connectivity index (χ1) is 12.6. The first-order valence-corrected chi connectivity index (χ1v) is 9.03. The lowest BCUT2D eigenvalue weighted by Gasteiger charge is -2.20. The molecule has 0 atom stereocenters. The molecule has 2 amide bonds. The van der Waals surface area contributed by atoms with E-state index in [1.165, 1.54) is 19.3 Å². The molecular formula is C19H22N4O3. The summed E-state index contributed by atoms with van der Waals surface area (Å²) in [4.78, 5) is 24.2. The van der Waals surface area contributed by atoms with E-state index in [-0.39, 0.29) is 18.4 Å². The number of amides is 2. The molecule has 1 aliphatic carbocycles. The van der Waals surface area contributed by atoms with E-state index in [9.17, 15) is 9.59 Å². The second-order valence-electron chi connectivity index (χ2n) is 6.89. The number of hydrogen-bond acceptors (Lipinski definition) is 4. The van der Waals surface area contributed by atoms with Crippen molar-refractivity contribution in [1.82, 2.24) is 9.78 Å². The van der Waals surface area contributed by atoms with E-state index >= 15 is 0 Å². The summed E-state index contributed by atoms with van der Waals surface area (Å²) in [5.74, 6) is 1.03. The van der Waals surface area contributed by atoms with Crippen molar-refractivity contribution in [2.45, 2.75) is 38.0 Å². The van der Waals surface area contributed by atoms with Gasteiger partial charge in [0.1, 0.15) is 5.82 Å². The fourth-order valence-electron chi connectivity index (χ4n) is 3.68. The van der Waals surface area contributed by atoms with Crippen LogP contribution in [0.4, 0.5) is 11.5 Å². The van der Waals surface area contributed by atoms with Crippen molar-refractivity contribution >= 4 is 23.3 Å². The van der Waals surface area contributed by atoms with Crippen LogP contribution in [0.5, 0.6) is 5.75 Å². The predicted molar refractivity (Wildman–Crippen MR) is 97.6 cm³/mol. The van der Waals surface area contributed by atoms with Crippen molar-refractivity contribution in [3.63, 3.8) is 0 Å². The number of benzene rings is 1. The zero-order valence-electron chi connectivity index (χ0n) is 14.7. The van der Waals surface area contributed by atoms with Gasteiger partial charge in [-0.3, -0.25) is 14.3 Å². The Morgan fingerprint density at radius 2 is 2.12 bits per heavy atom. The molecule has 26 heavy (non-hydrogen) atoms. The number of nitrogens with one attached hydrogen (secondary N) is 2. The Hall–Kier alpha value is -2.83. The minimum absolute atomic E-state index is 0.0885. The van der Waals surface area contributed by atoms with Crippen LogP contribution >= 0.6 is 0 Å². The van der Waals surface area contributed by atoms with Crippen LogP contribution in [0, 0.1) is 0 Å². The van der Waals surface area contributed by atoms with Crippen LogP contribution in [0.2, 0.25) is 0 Å². The van der Waals surface area contributed by atoms with Gasteiger partial charge < -0.3 is 15.4 Å². The maximum atomic E-state index is 12.8. The van der Waals surface area contributed by atoms with Crippen LogP contribution in [0.1, 0.15) is 54.1 Å². The van der Waals surface area contributed by atoms with Crippen LogP contribution in [-0.2, 0) is 11.8 Å². The topological polar surface area (TPSA) is 85.2 Å². The number of para-hydroxylation sites is 1. The van der Waals surface area contributed by atoms with Gasteiger partial charge in [-0.05, 0) is 25.0 Å². The average molecular weight is 354 g/mol. The summed E-state index contributed by atoms with van der Waals surface area (Å²) in [6.45, 7) is -0.0885. The molecule has 2 aliphatic rings. The maximum Gasteiger partial charge on any atom is 0.262 e. The molecule has 0 bridgehead atoms. The molecule has 1 fully saturated rings. The second kappa shape index (κ2) is 6.82. The number of fused-ring (bicyclic) bond motifs is 1. The van der Waals surface area contributed by atoms with Gasteiger partial charge in [0, 0.05) is 19.0 Å². The molecule has 1 saturated carbocycles. The smallest absolute Gasteiger partial charge is 0.262 e. The normalized spacial score (nSPS) is 17.2. The first kappa shape index (κ1) is 16.6. The first-order valence-electron chi connectivity index (χ1n) is 9.03. The highest BCUT2D eigenvalue weighted by Gasteiger charge is 2.24. The maximum absolute atomic E-state index is 12.8. The summed E-state index contributed by atoms with van der Waals surface area (Å²) in [5.41, 5.74) is 1.95. The molecule has 1 aromatic heterocycles. The molecule has 0 radical (unpaired) electrons. The Kier molecular flexibility index (Phi) is 4.36. The van der Waals surface area contributed by atoms with Crippen LogP contribution in [0.15, 0.2) is 24.3 Å². The highest BCUT2D eigenvalue weighted by atomic mass is 16.5. The summed E-state index contributed by atoms with van der Waals surface area (Å²) >= 11 is 0. The molecule has 136 valence electrons. The third kappa shape index (κ3) is 3.16. The standard InChI is InChI=1S/C19H22N4O3/c1-23-16(10-15(22-23)12-6-3-2-4-7-12)21-19(25)13-8-5-9-14-18(13)26-11-17(24)20-14/h5,8-10,12H,2-4,6-7,11H2,1H3,(H,20,24)(H,21,25). The molecule has 2 N–H and O–H groups in total. The summed E-state index contributed by atoms with van der Waals surface area (Å²) in [7, 11) is 1.83. The van der Waals surface area contributed by atoms with Gasteiger partial charge in [0.15, 0.2) is 12.4 Å². The molecule has 4 rings (SSSR count). The monoisotopic (exact) mass is 354 g/mol. The van der Waals surface area contributed by atoms with Gasteiger partial charge in [-0.2, -0.15) is 5.10 Å². The zero-order chi connectivity index (χ0) is 18.1. The number of aromatic nitrogens is 2. The van der Waals surface area contributed by atoms with Gasteiger partial charge in [-0.25, -0.2) is 0 Å². The van der Waals surface area contributed by atoms with E-state index in [4.69, 9.17) is 4.74 Å². The number of rotatable bonds is 3. The van der Waals surface area contributed by atoms with E-state index in [0.717, 1.165) is 18.5 Å². The molecule has 1 aromatic carbocycles. The molecule has 2 aromatic rings. The van der Waals surface area contributed by atoms with Crippen LogP contribution in [-0.4, -0.2) is 28.2 Å². The molecule has 1 aliphatic heterocycles. The number of hydrogen-bond donors (Lipinski definition) is 2. The van der Waals surface area contributed by atoms with Gasteiger partial charge in [-0.1, -0.05) is 25.3 Å². The summed E-state index contributed by atoms with van der Waals surface area (Å²) in [5, 5.41) is 10.2. The van der Waals surface area contributed by atoms with Crippen molar-refractivity contribution in [2.24, 2.45) is 7.05 Å². The van der Waals surface area contributed by atoms with Crippen molar-refractivity contribution in [2.75, 3.05) is 17.2 Å². The fourth-order valence-corrected chi connectivity index (χ4v) is 3.68. The molecule has 0 spiro atoms. The van der Waals surface area contributed by atoms with Gasteiger partial charge >= 0.3 is 0 Å². The Morgan fingerprint density at radius 3 is 2.92 bits per heavy atom. The van der Waals surface area contributed by atoms with E-state index in [1.54, 1.807) is 22.9 Å². The lowest BCUT2D eigenvalue weighted by molar-refractivity contribution is -0.118. The molecule has 7 nitrogen and oxygen atoms in total. The highest BCUT2D eigenvalue weighted by Crippen LogP contribution is 2.34. The van der Waals surface area contributed by atoms with Gasteiger partial charge in [0.25, 0.3) is 11.8 Å². The largest absolute Gasteiger partial charge is 0.481 e. The SMILES string of the molecule is Cn1nc(C2CCCCC2)cc1NC(=O)c1cccc2c1OCC(=O)N2. The van der Waals surface area contributed by atoms with Crippen molar-refractivity contribution in [1.29, 1.82) is 0 Å². The average Bonchev–Trinajstić information content (AvgIpc) is 3.02. The lowest BCUT2D eigenvalue weighted by Crippen LogP contribution is -2.27. The summed E-state index contributed by atoms with van der Waals surface area (Å²) in [6, 6.07) is 7.09. The molecular weight excluding hydrogens is 332 g/mol. The van der Waals surface area contributed by atoms with Crippen LogP contribution in [0.3, 0.4) is 0 Å². The van der Waals surface area contributed by atoms with Crippen molar-refractivity contribution in [3.8, 4) is 5.75 Å². The molecule has 7 heteroatoms. The Labute approximate surface area is 151 Å². The minimum Gasteiger partial charge on any atom is -0.481 e. The third-order valence-corrected chi connectivity index (χ3v) is 5.05. The number of carbonyl (C=O) groups is 2. The Bertz CT molecular complexity index is 852. The predicted octanol–water partition coefficient (Wildman–Crippen LogP) is 3.05. The number of nitrogens with zero attached hydrogens (tertiary/aromatic N) is 2. The van der Waals surface area contributed by atoms with E-state index in [1.807, 2.05) is 13.1 Å². The van der Waals surface area contributed by atoms with E-state index in [0.29, 0.717) is 28.7 Å². The van der Waals surface area contributed by atoms with Gasteiger partial charge in [0.2, 0.25) is 0 Å². The Morgan fingerprint density at radius 1 is 1.31 bits per heavy atom. The molecule has 0 saturated heterocycles. The summed E-state index contributed by atoms with van der Waals surface area (Å²) in [6.07, 6.45) is 6.08. The zero-order valence-corrected chi connectivity index (χ0v) is 14.7. The van der Waals surface area contributed by atoms with Crippen LogP contribution in [0.25, 0.3) is 0 Å². The van der Waals surface area contributed by atoms with Gasteiger partial charge in [0.05, 0.1) is 16.9 Å². The lowest BCUT2D eigenvalue weighted by atomic mass is 9.87. The highest BCUT2D eigenvalue weighted by molar-refractivity contribution is 6.08. The minimum atomic E-state index is -0.281. The molecule has 0 unspecified atom stereocenters. The van der Waals surface area contributed by atoms with Gasteiger partial charge in [-0.15, -0.1) is 0 Å². The quantitative estimate of drug-likeness (QED) is 0.887. The van der Waals surface area contributed by atoms with E-state index in [2.05, 4.69) is 15.7 Å². The van der Waals surface area contributed by atoms with Crippen LogP contribution < -0.4 is 15.4 Å². The number of ether oxygens (including phenoxy) is 1. The van der Waals surface area contributed by atoms with Crippen molar-refractivity contribution in [3.05, 3.63) is 35.5 Å². The van der Waals surface area contributed by atoms with Crippen molar-refractivity contribution < 1.29 is 14.3 Å². The van der Waals surface area contributed by atoms with E-state index < -0.39 is 0 Å². The molecule has 2 heterocycles. The fraction of sp³-hybridized carbons (Fsp3) is 0.421.